The van der Waals surface area contributed by atoms with Crippen LogP contribution in [0.1, 0.15) is 33.2 Å². The largest absolute Gasteiger partial charge is 0.497 e. The Hall–Kier alpha value is -4.86. The van der Waals surface area contributed by atoms with Gasteiger partial charge in [-0.2, -0.15) is 5.10 Å². The summed E-state index contributed by atoms with van der Waals surface area (Å²) in [6.07, 6.45) is 4.09. The Balaban J connectivity index is 1.39. The Morgan fingerprint density at radius 3 is 2.75 bits per heavy atom. The summed E-state index contributed by atoms with van der Waals surface area (Å²) in [4.78, 5) is 29.3. The van der Waals surface area contributed by atoms with Crippen molar-refractivity contribution in [3.05, 3.63) is 99.6 Å². The Morgan fingerprint density at radius 1 is 1.19 bits per heavy atom. The monoisotopic (exact) mass is 483 g/mol. The number of aromatic amines is 2. The molecule has 3 aromatic heterocycles. The number of hydrogen-bond acceptors (Lipinski definition) is 6. The van der Waals surface area contributed by atoms with Crippen molar-refractivity contribution >= 4 is 22.5 Å². The van der Waals surface area contributed by atoms with Crippen LogP contribution >= 0.6 is 0 Å². The summed E-state index contributed by atoms with van der Waals surface area (Å²) < 4.78 is 11.0. The van der Waals surface area contributed by atoms with E-state index in [2.05, 4.69) is 15.2 Å². The van der Waals surface area contributed by atoms with Gasteiger partial charge >= 0.3 is 0 Å². The van der Waals surface area contributed by atoms with Gasteiger partial charge in [0, 0.05) is 41.3 Å². The Kier molecular flexibility index (Phi) is 5.06. The zero-order chi connectivity index (χ0) is 24.8. The van der Waals surface area contributed by atoms with Gasteiger partial charge in [0.2, 0.25) is 0 Å². The highest BCUT2D eigenvalue weighted by Gasteiger charge is 2.42. The van der Waals surface area contributed by atoms with Crippen molar-refractivity contribution in [1.82, 2.24) is 20.1 Å². The zero-order valence-electron chi connectivity index (χ0n) is 19.2. The van der Waals surface area contributed by atoms with Crippen LogP contribution in [0.5, 0.6) is 5.75 Å². The van der Waals surface area contributed by atoms with Crippen LogP contribution in [0.15, 0.2) is 71.5 Å². The van der Waals surface area contributed by atoms with Gasteiger partial charge in [-0.3, -0.25) is 20.0 Å². The van der Waals surface area contributed by atoms with Crippen LogP contribution < -0.4 is 4.74 Å². The fourth-order valence-corrected chi connectivity index (χ4v) is 4.89. The molecule has 0 aliphatic carbocycles. The van der Waals surface area contributed by atoms with Gasteiger partial charge in [-0.1, -0.05) is 0 Å². The molecule has 36 heavy (non-hydrogen) atoms. The third kappa shape index (κ3) is 3.42. The SMILES string of the molecule is COc1ccc2[nH]cc(CCN3C(=O)c4n[nH]c(-c5ccco5)c4[C@@H]3c3ccc([N+](=O)[O-])cc3)c2c1. The van der Waals surface area contributed by atoms with Gasteiger partial charge in [-0.15, -0.1) is 0 Å². The van der Waals surface area contributed by atoms with E-state index < -0.39 is 11.0 Å². The molecule has 0 unspecified atom stereocenters. The number of furan rings is 1. The summed E-state index contributed by atoms with van der Waals surface area (Å²) in [5.74, 6) is 1.11. The molecule has 0 bridgehead atoms. The number of amides is 1. The van der Waals surface area contributed by atoms with E-state index in [9.17, 15) is 14.9 Å². The van der Waals surface area contributed by atoms with E-state index in [4.69, 9.17) is 9.15 Å². The van der Waals surface area contributed by atoms with E-state index in [1.54, 1.807) is 42.5 Å². The molecule has 180 valence electrons. The summed E-state index contributed by atoms with van der Waals surface area (Å²) in [6.45, 7) is 0.415. The number of non-ortho nitro benzene ring substituents is 1. The van der Waals surface area contributed by atoms with E-state index in [1.807, 2.05) is 24.4 Å². The van der Waals surface area contributed by atoms with E-state index in [0.717, 1.165) is 27.8 Å². The number of methoxy groups -OCH3 is 1. The Morgan fingerprint density at radius 2 is 2.03 bits per heavy atom. The van der Waals surface area contributed by atoms with Crippen LogP contribution in [0.3, 0.4) is 0 Å². The first-order valence-electron chi connectivity index (χ1n) is 11.4. The predicted octanol–water partition coefficient (Wildman–Crippen LogP) is 4.86. The lowest BCUT2D eigenvalue weighted by Crippen LogP contribution is -2.31. The maximum absolute atomic E-state index is 13.5. The second-order valence-corrected chi connectivity index (χ2v) is 8.56. The lowest BCUT2D eigenvalue weighted by molar-refractivity contribution is -0.384. The topological polar surface area (TPSA) is 130 Å². The van der Waals surface area contributed by atoms with E-state index in [-0.39, 0.29) is 11.6 Å². The van der Waals surface area contributed by atoms with Crippen molar-refractivity contribution in [3.8, 4) is 17.2 Å². The molecule has 10 nitrogen and oxygen atoms in total. The van der Waals surface area contributed by atoms with Gasteiger partial charge in [0.05, 0.1) is 24.3 Å². The maximum atomic E-state index is 13.5. The second kappa shape index (κ2) is 8.42. The molecule has 2 aromatic carbocycles. The highest BCUT2D eigenvalue weighted by Crippen LogP contribution is 2.43. The van der Waals surface area contributed by atoms with Gasteiger partial charge in [-0.25, -0.2) is 0 Å². The van der Waals surface area contributed by atoms with Gasteiger partial charge in [-0.05, 0) is 60.0 Å². The predicted molar refractivity (Wildman–Crippen MR) is 131 cm³/mol. The van der Waals surface area contributed by atoms with Gasteiger partial charge in [0.1, 0.15) is 11.4 Å². The van der Waals surface area contributed by atoms with Crippen LogP contribution in [-0.4, -0.2) is 44.6 Å². The zero-order valence-corrected chi connectivity index (χ0v) is 19.2. The number of hydrogen-bond donors (Lipinski definition) is 2. The molecule has 1 aliphatic heterocycles. The van der Waals surface area contributed by atoms with Crippen molar-refractivity contribution in [2.24, 2.45) is 0 Å². The summed E-state index contributed by atoms with van der Waals surface area (Å²) >= 11 is 0. The van der Waals surface area contributed by atoms with Crippen LogP contribution in [-0.2, 0) is 6.42 Å². The van der Waals surface area contributed by atoms with Crippen LogP contribution in [0, 0.1) is 10.1 Å². The molecule has 0 fully saturated rings. The first-order valence-corrected chi connectivity index (χ1v) is 11.4. The molecule has 0 saturated carbocycles. The summed E-state index contributed by atoms with van der Waals surface area (Å²) in [7, 11) is 1.63. The highest BCUT2D eigenvalue weighted by molar-refractivity contribution is 6.00. The quantitative estimate of drug-likeness (QED) is 0.251. The second-order valence-electron chi connectivity index (χ2n) is 8.56. The number of nitrogens with zero attached hydrogens (tertiary/aromatic N) is 3. The average molecular weight is 483 g/mol. The fourth-order valence-electron chi connectivity index (χ4n) is 4.89. The number of rotatable bonds is 7. The molecule has 2 N–H and O–H groups in total. The van der Waals surface area contributed by atoms with Crippen molar-refractivity contribution in [2.45, 2.75) is 12.5 Å². The van der Waals surface area contributed by atoms with E-state index in [1.165, 1.54) is 12.1 Å². The number of nitrogens with one attached hydrogen (secondary N) is 2. The van der Waals surface area contributed by atoms with Crippen LogP contribution in [0.25, 0.3) is 22.4 Å². The highest BCUT2D eigenvalue weighted by atomic mass is 16.6. The van der Waals surface area contributed by atoms with Crippen LogP contribution in [0.2, 0.25) is 0 Å². The maximum Gasteiger partial charge on any atom is 0.275 e. The Bertz CT molecular complexity index is 1580. The number of carbonyl (C=O) groups excluding carboxylic acids is 1. The molecular formula is C26H21N5O5. The number of ether oxygens (including phenoxy) is 1. The number of H-pyrrole nitrogens is 2. The molecule has 0 radical (unpaired) electrons. The molecule has 6 rings (SSSR count). The molecule has 10 heteroatoms. The van der Waals surface area contributed by atoms with E-state index in [0.29, 0.717) is 35.7 Å². The van der Waals surface area contributed by atoms with Gasteiger partial charge < -0.3 is 19.0 Å². The van der Waals surface area contributed by atoms with Crippen molar-refractivity contribution < 1.29 is 18.9 Å². The number of nitro groups is 1. The molecule has 1 atom stereocenters. The average Bonchev–Trinajstić information content (AvgIpc) is 3.68. The molecule has 1 amide bonds. The van der Waals surface area contributed by atoms with Crippen molar-refractivity contribution in [3.63, 3.8) is 0 Å². The molecule has 0 saturated heterocycles. The van der Waals surface area contributed by atoms with E-state index >= 15 is 0 Å². The molecule has 1 aliphatic rings. The molecule has 0 spiro atoms. The van der Waals surface area contributed by atoms with Crippen molar-refractivity contribution in [2.75, 3.05) is 13.7 Å². The lowest BCUT2D eigenvalue weighted by Gasteiger charge is -2.26. The first kappa shape index (κ1) is 21.7. The van der Waals surface area contributed by atoms with Crippen molar-refractivity contribution in [1.29, 1.82) is 0 Å². The normalized spacial score (nSPS) is 15.0. The Labute approximate surface area is 204 Å². The third-order valence-corrected chi connectivity index (χ3v) is 6.64. The lowest BCUT2D eigenvalue weighted by atomic mass is 9.97. The smallest absolute Gasteiger partial charge is 0.275 e. The fraction of sp³-hybridized carbons (Fsp3) is 0.154. The number of nitro benzene ring substituents is 1. The summed E-state index contributed by atoms with van der Waals surface area (Å²) in [5, 5.41) is 19.5. The number of aromatic nitrogens is 3. The van der Waals surface area contributed by atoms with Gasteiger partial charge in [0.25, 0.3) is 11.6 Å². The summed E-state index contributed by atoms with van der Waals surface area (Å²) in [6, 6.07) is 15.2. The minimum Gasteiger partial charge on any atom is -0.497 e. The summed E-state index contributed by atoms with van der Waals surface area (Å²) in [5.41, 5.74) is 4.42. The number of carbonyl (C=O) groups is 1. The minimum atomic E-state index is -0.480. The molecule has 5 aromatic rings. The number of fused-ring (bicyclic) bond motifs is 2. The minimum absolute atomic E-state index is 0.0129. The third-order valence-electron chi connectivity index (χ3n) is 6.64. The molecular weight excluding hydrogens is 462 g/mol. The van der Waals surface area contributed by atoms with Gasteiger partial charge in [0.15, 0.2) is 11.5 Å². The first-order chi connectivity index (χ1) is 17.5. The standard InChI is InChI=1S/C26H21N5O5/c1-35-18-8-9-20-19(13-18)16(14-27-20)10-11-30-25(15-4-6-17(7-5-15)31(33)34)22-23(21-3-2-12-36-21)28-29-24(22)26(30)32/h2-9,12-14,25,27H,10-11H2,1H3,(H,28,29)/t25-/m0/s1. The molecule has 4 heterocycles. The number of benzene rings is 2. The van der Waals surface area contributed by atoms with Crippen LogP contribution in [0.4, 0.5) is 5.69 Å².